The summed E-state index contributed by atoms with van der Waals surface area (Å²) in [5.41, 5.74) is 0. The topological polar surface area (TPSA) is 43.8 Å². The van der Waals surface area contributed by atoms with Crippen LogP contribution in [0.15, 0.2) is 24.4 Å². The lowest BCUT2D eigenvalue weighted by atomic mass is 10.0. The van der Waals surface area contributed by atoms with Gasteiger partial charge in [-0.15, -0.1) is 0 Å². The molecular formula is C18H26N2O3. The molecular weight excluding hydrogens is 292 g/mol. The molecule has 3 heterocycles. The summed E-state index contributed by atoms with van der Waals surface area (Å²) in [5, 5.41) is 0. The fraction of sp³-hybridized carbons (Fsp3) is 0.722. The van der Waals surface area contributed by atoms with Gasteiger partial charge in [-0.1, -0.05) is 6.07 Å². The quantitative estimate of drug-likeness (QED) is 0.830. The van der Waals surface area contributed by atoms with Crippen molar-refractivity contribution in [3.63, 3.8) is 0 Å². The van der Waals surface area contributed by atoms with Crippen molar-refractivity contribution in [2.75, 3.05) is 39.5 Å². The number of fused-ring (bicyclic) bond motifs is 1. The largest absolute Gasteiger partial charge is 0.477 e. The van der Waals surface area contributed by atoms with Crippen molar-refractivity contribution in [3.8, 4) is 5.88 Å². The van der Waals surface area contributed by atoms with E-state index >= 15 is 0 Å². The van der Waals surface area contributed by atoms with Crippen LogP contribution in [0, 0.1) is 11.8 Å². The summed E-state index contributed by atoms with van der Waals surface area (Å²) in [5.74, 6) is 1.99. The summed E-state index contributed by atoms with van der Waals surface area (Å²) in [6.07, 6.45) is 5.64. The van der Waals surface area contributed by atoms with Crippen LogP contribution in [0.25, 0.3) is 0 Å². The van der Waals surface area contributed by atoms with Crippen LogP contribution in [0.1, 0.15) is 19.3 Å². The second-order valence-electron chi connectivity index (χ2n) is 7.02. The van der Waals surface area contributed by atoms with Crippen LogP contribution in [0.5, 0.6) is 5.88 Å². The first-order chi connectivity index (χ1) is 11.4. The van der Waals surface area contributed by atoms with Gasteiger partial charge < -0.3 is 14.2 Å². The zero-order valence-corrected chi connectivity index (χ0v) is 13.6. The first-order valence-corrected chi connectivity index (χ1v) is 8.85. The summed E-state index contributed by atoms with van der Waals surface area (Å²) in [7, 11) is 0. The Morgan fingerprint density at radius 2 is 2.22 bits per heavy atom. The minimum Gasteiger partial charge on any atom is -0.477 e. The number of rotatable bonds is 5. The van der Waals surface area contributed by atoms with Gasteiger partial charge in [-0.3, -0.25) is 4.90 Å². The summed E-state index contributed by atoms with van der Waals surface area (Å²) in [6, 6.07) is 6.35. The summed E-state index contributed by atoms with van der Waals surface area (Å²) in [4.78, 5) is 6.88. The van der Waals surface area contributed by atoms with Gasteiger partial charge in [-0.05, 0) is 37.2 Å². The van der Waals surface area contributed by atoms with Gasteiger partial charge in [0.2, 0.25) is 5.88 Å². The van der Waals surface area contributed by atoms with E-state index in [1.807, 2.05) is 18.2 Å². The fourth-order valence-corrected chi connectivity index (χ4v) is 4.18. The van der Waals surface area contributed by atoms with Crippen LogP contribution in [-0.4, -0.2) is 61.5 Å². The average Bonchev–Trinajstić information content (AvgIpc) is 3.23. The van der Waals surface area contributed by atoms with Gasteiger partial charge in [-0.2, -0.15) is 0 Å². The van der Waals surface area contributed by atoms with Gasteiger partial charge in [0.05, 0.1) is 25.9 Å². The lowest BCUT2D eigenvalue weighted by Gasteiger charge is -2.38. The molecule has 1 aromatic heterocycles. The van der Waals surface area contributed by atoms with E-state index < -0.39 is 0 Å². The second-order valence-corrected chi connectivity index (χ2v) is 7.02. The van der Waals surface area contributed by atoms with Crippen LogP contribution in [-0.2, 0) is 9.47 Å². The third-order valence-electron chi connectivity index (χ3n) is 5.37. The van der Waals surface area contributed by atoms with Crippen molar-refractivity contribution in [1.29, 1.82) is 0 Å². The van der Waals surface area contributed by atoms with Crippen LogP contribution in [0.3, 0.4) is 0 Å². The first-order valence-electron chi connectivity index (χ1n) is 8.85. The normalized spacial score (nSPS) is 34.4. The van der Waals surface area contributed by atoms with Gasteiger partial charge in [0.15, 0.2) is 0 Å². The smallest absolute Gasteiger partial charge is 0.213 e. The summed E-state index contributed by atoms with van der Waals surface area (Å²) < 4.78 is 17.4. The molecule has 0 radical (unpaired) electrons. The standard InChI is InChI=1S/C18H26N2O3/c1-2-5-19-18(3-1)23-13-15-9-16-17(10-15)22-8-6-20(16)11-14-4-7-21-12-14/h1-3,5,14-17H,4,6-13H2/t14-,15-,16+,17+/m0/s1. The van der Waals surface area contributed by atoms with E-state index in [4.69, 9.17) is 14.2 Å². The number of ether oxygens (including phenoxy) is 3. The highest BCUT2D eigenvalue weighted by Gasteiger charge is 2.41. The molecule has 1 aliphatic carbocycles. The molecule has 2 aliphatic heterocycles. The summed E-state index contributed by atoms with van der Waals surface area (Å²) in [6.45, 7) is 5.70. The Labute approximate surface area is 137 Å². The Balaban J connectivity index is 1.31. The first kappa shape index (κ1) is 15.4. The number of hydrogen-bond donors (Lipinski definition) is 0. The maximum Gasteiger partial charge on any atom is 0.213 e. The second kappa shape index (κ2) is 7.16. The van der Waals surface area contributed by atoms with Crippen molar-refractivity contribution in [2.45, 2.75) is 31.4 Å². The minimum atomic E-state index is 0.378. The van der Waals surface area contributed by atoms with Gasteiger partial charge >= 0.3 is 0 Å². The Kier molecular flexibility index (Phi) is 4.78. The third kappa shape index (κ3) is 3.67. The average molecular weight is 318 g/mol. The highest BCUT2D eigenvalue weighted by Crippen LogP contribution is 2.35. The zero-order chi connectivity index (χ0) is 15.5. The van der Waals surface area contributed by atoms with Crippen molar-refractivity contribution in [1.82, 2.24) is 9.88 Å². The maximum atomic E-state index is 6.03. The maximum absolute atomic E-state index is 6.03. The lowest BCUT2D eigenvalue weighted by molar-refractivity contribution is -0.0605. The molecule has 0 bridgehead atoms. The Morgan fingerprint density at radius 3 is 3.04 bits per heavy atom. The van der Waals surface area contributed by atoms with Gasteiger partial charge in [0.25, 0.3) is 0 Å². The monoisotopic (exact) mass is 318 g/mol. The highest BCUT2D eigenvalue weighted by molar-refractivity contribution is 5.09. The molecule has 0 amide bonds. The van der Waals surface area contributed by atoms with Gasteiger partial charge in [-0.25, -0.2) is 4.98 Å². The lowest BCUT2D eigenvalue weighted by Crippen LogP contribution is -2.50. The molecule has 0 spiro atoms. The molecule has 1 saturated carbocycles. The van der Waals surface area contributed by atoms with Crippen LogP contribution < -0.4 is 4.74 Å². The minimum absolute atomic E-state index is 0.378. The molecule has 23 heavy (non-hydrogen) atoms. The molecule has 4 atom stereocenters. The van der Waals surface area contributed by atoms with Gasteiger partial charge in [0.1, 0.15) is 0 Å². The van der Waals surface area contributed by atoms with Crippen molar-refractivity contribution >= 4 is 0 Å². The van der Waals surface area contributed by atoms with E-state index in [-0.39, 0.29) is 0 Å². The summed E-state index contributed by atoms with van der Waals surface area (Å²) >= 11 is 0. The number of hydrogen-bond acceptors (Lipinski definition) is 5. The number of nitrogens with zero attached hydrogens (tertiary/aromatic N) is 2. The SMILES string of the molecule is c1ccc(OC[C@H]2C[C@@H]3[C@@H](C2)OCCN3C[C@@H]2CCOC2)nc1. The van der Waals surface area contributed by atoms with E-state index in [9.17, 15) is 0 Å². The predicted molar refractivity (Wildman–Crippen MR) is 86.5 cm³/mol. The zero-order valence-electron chi connectivity index (χ0n) is 13.6. The van der Waals surface area contributed by atoms with Crippen LogP contribution >= 0.6 is 0 Å². The molecule has 2 saturated heterocycles. The van der Waals surface area contributed by atoms with Crippen LogP contribution in [0.2, 0.25) is 0 Å². The molecule has 0 unspecified atom stereocenters. The van der Waals surface area contributed by atoms with E-state index in [1.165, 1.54) is 19.4 Å². The number of morpholine rings is 1. The molecule has 5 nitrogen and oxygen atoms in total. The van der Waals surface area contributed by atoms with E-state index in [2.05, 4.69) is 9.88 Å². The molecule has 3 aliphatic rings. The number of aromatic nitrogens is 1. The van der Waals surface area contributed by atoms with Crippen molar-refractivity contribution in [2.24, 2.45) is 11.8 Å². The van der Waals surface area contributed by atoms with E-state index in [0.29, 0.717) is 24.0 Å². The molecule has 0 N–H and O–H groups in total. The molecule has 3 fully saturated rings. The molecule has 1 aromatic rings. The molecule has 126 valence electrons. The number of pyridine rings is 1. The van der Waals surface area contributed by atoms with E-state index in [0.717, 1.165) is 45.3 Å². The molecule has 4 rings (SSSR count). The molecule has 0 aromatic carbocycles. The van der Waals surface area contributed by atoms with Crippen molar-refractivity contribution in [3.05, 3.63) is 24.4 Å². The Bertz CT molecular complexity index is 492. The predicted octanol–water partition coefficient (Wildman–Crippen LogP) is 1.98. The Morgan fingerprint density at radius 1 is 1.22 bits per heavy atom. The van der Waals surface area contributed by atoms with E-state index in [1.54, 1.807) is 6.20 Å². The third-order valence-corrected chi connectivity index (χ3v) is 5.37. The van der Waals surface area contributed by atoms with Gasteiger partial charge in [0, 0.05) is 38.0 Å². The Hall–Kier alpha value is -1.17. The molecule has 5 heteroatoms. The van der Waals surface area contributed by atoms with Crippen molar-refractivity contribution < 1.29 is 14.2 Å². The fourth-order valence-electron chi connectivity index (χ4n) is 4.18. The highest BCUT2D eigenvalue weighted by atomic mass is 16.5. The van der Waals surface area contributed by atoms with Crippen LogP contribution in [0.4, 0.5) is 0 Å².